The Balaban J connectivity index is 2.40. The Kier molecular flexibility index (Phi) is 3.31. The number of rotatable bonds is 3. The number of hydrogen-bond acceptors (Lipinski definition) is 3. The lowest BCUT2D eigenvalue weighted by Crippen LogP contribution is -2.38. The average molecular weight is 185 g/mol. The standard InChI is InChI=1S/C10H19NO2/c1-4-10(2,3)13-9(12)8-6-5-7-11-8/h8,11H,4-7H2,1-3H3/t8-/m1/s1. The van der Waals surface area contributed by atoms with Crippen molar-refractivity contribution in [3.8, 4) is 0 Å². The minimum atomic E-state index is -0.318. The van der Waals surface area contributed by atoms with Gasteiger partial charge >= 0.3 is 5.97 Å². The summed E-state index contributed by atoms with van der Waals surface area (Å²) < 4.78 is 5.37. The molecule has 1 heterocycles. The maximum Gasteiger partial charge on any atom is 0.323 e. The second-order valence-electron chi connectivity index (χ2n) is 4.18. The SMILES string of the molecule is CCC(C)(C)OC(=O)[C@H]1CCCN1. The fourth-order valence-electron chi connectivity index (χ4n) is 1.30. The molecule has 1 aliphatic heterocycles. The van der Waals surface area contributed by atoms with Gasteiger partial charge in [-0.15, -0.1) is 0 Å². The predicted octanol–water partition coefficient (Wildman–Crippen LogP) is 1.47. The summed E-state index contributed by atoms with van der Waals surface area (Å²) in [6.07, 6.45) is 2.84. The summed E-state index contributed by atoms with van der Waals surface area (Å²) in [5.41, 5.74) is -0.318. The minimum absolute atomic E-state index is 0.0641. The number of hydrogen-bond donors (Lipinski definition) is 1. The van der Waals surface area contributed by atoms with Crippen molar-refractivity contribution in [2.24, 2.45) is 0 Å². The number of nitrogens with one attached hydrogen (secondary N) is 1. The first-order valence-corrected chi connectivity index (χ1v) is 5.01. The van der Waals surface area contributed by atoms with Crippen molar-refractivity contribution in [3.05, 3.63) is 0 Å². The third-order valence-electron chi connectivity index (χ3n) is 2.57. The number of esters is 1. The molecule has 1 aliphatic rings. The van der Waals surface area contributed by atoms with Gasteiger partial charge in [0.25, 0.3) is 0 Å². The lowest BCUT2D eigenvalue weighted by molar-refractivity contribution is -0.158. The van der Waals surface area contributed by atoms with Gasteiger partial charge < -0.3 is 10.1 Å². The molecule has 0 radical (unpaired) electrons. The zero-order valence-electron chi connectivity index (χ0n) is 8.72. The first kappa shape index (κ1) is 10.5. The van der Waals surface area contributed by atoms with E-state index in [1.807, 2.05) is 20.8 Å². The largest absolute Gasteiger partial charge is 0.459 e. The summed E-state index contributed by atoms with van der Waals surface area (Å²) in [5.74, 6) is -0.0932. The van der Waals surface area contributed by atoms with Gasteiger partial charge in [0.1, 0.15) is 11.6 Å². The zero-order valence-corrected chi connectivity index (χ0v) is 8.72. The van der Waals surface area contributed by atoms with Crippen molar-refractivity contribution in [2.75, 3.05) is 6.54 Å². The first-order valence-electron chi connectivity index (χ1n) is 5.01. The molecule has 13 heavy (non-hydrogen) atoms. The van der Waals surface area contributed by atoms with Crippen LogP contribution in [0.5, 0.6) is 0 Å². The van der Waals surface area contributed by atoms with Crippen molar-refractivity contribution in [1.29, 1.82) is 0 Å². The Morgan fingerprint density at radius 3 is 2.77 bits per heavy atom. The highest BCUT2D eigenvalue weighted by atomic mass is 16.6. The van der Waals surface area contributed by atoms with E-state index in [1.165, 1.54) is 0 Å². The van der Waals surface area contributed by atoms with Gasteiger partial charge in [-0.05, 0) is 39.7 Å². The highest BCUT2D eigenvalue weighted by Gasteiger charge is 2.28. The van der Waals surface area contributed by atoms with Gasteiger partial charge in [-0.1, -0.05) is 6.92 Å². The van der Waals surface area contributed by atoms with Crippen LogP contribution in [0.15, 0.2) is 0 Å². The monoisotopic (exact) mass is 185 g/mol. The lowest BCUT2D eigenvalue weighted by atomic mass is 10.1. The van der Waals surface area contributed by atoms with Crippen LogP contribution in [0.25, 0.3) is 0 Å². The maximum absolute atomic E-state index is 11.5. The molecular weight excluding hydrogens is 166 g/mol. The zero-order chi connectivity index (χ0) is 9.90. The van der Waals surface area contributed by atoms with Crippen LogP contribution in [0.2, 0.25) is 0 Å². The van der Waals surface area contributed by atoms with Crippen LogP contribution in [0.1, 0.15) is 40.0 Å². The van der Waals surface area contributed by atoms with Gasteiger partial charge in [0.15, 0.2) is 0 Å². The molecule has 0 aromatic rings. The third-order valence-corrected chi connectivity index (χ3v) is 2.57. The van der Waals surface area contributed by atoms with E-state index in [0.29, 0.717) is 0 Å². The van der Waals surface area contributed by atoms with Gasteiger partial charge in [0.05, 0.1) is 0 Å². The second kappa shape index (κ2) is 4.09. The quantitative estimate of drug-likeness (QED) is 0.677. The normalized spacial score (nSPS) is 23.2. The van der Waals surface area contributed by atoms with Crippen molar-refractivity contribution in [3.63, 3.8) is 0 Å². The van der Waals surface area contributed by atoms with E-state index in [2.05, 4.69) is 5.32 Å². The van der Waals surface area contributed by atoms with Crippen LogP contribution in [0, 0.1) is 0 Å². The van der Waals surface area contributed by atoms with Crippen LogP contribution in [0.3, 0.4) is 0 Å². The molecule has 0 unspecified atom stereocenters. The summed E-state index contributed by atoms with van der Waals surface area (Å²) in [6.45, 7) is 6.85. The third kappa shape index (κ3) is 2.99. The summed E-state index contributed by atoms with van der Waals surface area (Å²) in [7, 11) is 0. The van der Waals surface area contributed by atoms with E-state index in [4.69, 9.17) is 4.74 Å². The number of ether oxygens (including phenoxy) is 1. The molecule has 0 bridgehead atoms. The Morgan fingerprint density at radius 1 is 1.62 bits per heavy atom. The fraction of sp³-hybridized carbons (Fsp3) is 0.900. The van der Waals surface area contributed by atoms with Gasteiger partial charge in [-0.2, -0.15) is 0 Å². The smallest absolute Gasteiger partial charge is 0.323 e. The molecule has 3 nitrogen and oxygen atoms in total. The van der Waals surface area contributed by atoms with Crippen LogP contribution in [-0.4, -0.2) is 24.2 Å². The van der Waals surface area contributed by atoms with Gasteiger partial charge in [0, 0.05) is 0 Å². The molecule has 1 fully saturated rings. The molecule has 0 saturated carbocycles. The van der Waals surface area contributed by atoms with Gasteiger partial charge in [0.2, 0.25) is 0 Å². The van der Waals surface area contributed by atoms with E-state index in [0.717, 1.165) is 25.8 Å². The Hall–Kier alpha value is -0.570. The van der Waals surface area contributed by atoms with Crippen molar-refractivity contribution in [1.82, 2.24) is 5.32 Å². The second-order valence-corrected chi connectivity index (χ2v) is 4.18. The van der Waals surface area contributed by atoms with Crippen molar-refractivity contribution >= 4 is 5.97 Å². The van der Waals surface area contributed by atoms with E-state index in [9.17, 15) is 4.79 Å². The van der Waals surface area contributed by atoms with Crippen LogP contribution in [-0.2, 0) is 9.53 Å². The maximum atomic E-state index is 11.5. The number of carbonyl (C=O) groups excluding carboxylic acids is 1. The molecule has 0 spiro atoms. The molecule has 3 heteroatoms. The topological polar surface area (TPSA) is 38.3 Å². The van der Waals surface area contributed by atoms with Gasteiger partial charge in [-0.3, -0.25) is 4.79 Å². The van der Waals surface area contributed by atoms with Crippen LogP contribution in [0.4, 0.5) is 0 Å². The average Bonchev–Trinajstić information content (AvgIpc) is 2.55. The highest BCUT2D eigenvalue weighted by Crippen LogP contribution is 2.16. The minimum Gasteiger partial charge on any atom is -0.459 e. The molecule has 1 rings (SSSR count). The molecule has 1 saturated heterocycles. The molecular formula is C10H19NO2. The predicted molar refractivity (Wildman–Crippen MR) is 51.5 cm³/mol. The molecule has 0 aromatic carbocycles. The van der Waals surface area contributed by atoms with E-state index in [1.54, 1.807) is 0 Å². The number of carbonyl (C=O) groups is 1. The van der Waals surface area contributed by atoms with Crippen molar-refractivity contribution < 1.29 is 9.53 Å². The lowest BCUT2D eigenvalue weighted by Gasteiger charge is -2.25. The van der Waals surface area contributed by atoms with Crippen LogP contribution >= 0.6 is 0 Å². The summed E-state index contributed by atoms with van der Waals surface area (Å²) in [5, 5.41) is 3.13. The molecule has 0 aliphatic carbocycles. The molecule has 1 N–H and O–H groups in total. The van der Waals surface area contributed by atoms with Crippen molar-refractivity contribution in [2.45, 2.75) is 51.7 Å². The molecule has 76 valence electrons. The summed E-state index contributed by atoms with van der Waals surface area (Å²) >= 11 is 0. The Labute approximate surface area is 79.8 Å². The van der Waals surface area contributed by atoms with E-state index in [-0.39, 0.29) is 17.6 Å². The highest BCUT2D eigenvalue weighted by molar-refractivity contribution is 5.76. The fourth-order valence-corrected chi connectivity index (χ4v) is 1.30. The van der Waals surface area contributed by atoms with E-state index < -0.39 is 0 Å². The summed E-state index contributed by atoms with van der Waals surface area (Å²) in [4.78, 5) is 11.5. The molecule has 1 atom stereocenters. The summed E-state index contributed by atoms with van der Waals surface area (Å²) in [6, 6.07) is -0.0641. The van der Waals surface area contributed by atoms with E-state index >= 15 is 0 Å². The van der Waals surface area contributed by atoms with Crippen LogP contribution < -0.4 is 5.32 Å². The Bertz CT molecular complexity index is 183. The molecule has 0 aromatic heterocycles. The molecule has 0 amide bonds. The van der Waals surface area contributed by atoms with Gasteiger partial charge in [-0.25, -0.2) is 0 Å². The first-order chi connectivity index (χ1) is 6.05. The Morgan fingerprint density at radius 2 is 2.31 bits per heavy atom.